The topological polar surface area (TPSA) is 81.9 Å². The first-order chi connectivity index (χ1) is 14.7. The van der Waals surface area contributed by atoms with Crippen molar-refractivity contribution >= 4 is 18.1 Å². The number of ether oxygens (including phenoxy) is 2. The number of esters is 1. The maximum absolute atomic E-state index is 12.6. The zero-order valence-corrected chi connectivity index (χ0v) is 16.4. The van der Waals surface area contributed by atoms with Crippen LogP contribution in [0.25, 0.3) is 5.69 Å². The van der Waals surface area contributed by atoms with Crippen LogP contribution in [0.4, 0.5) is 0 Å². The lowest BCUT2D eigenvalue weighted by Gasteiger charge is -2.10. The molecule has 0 radical (unpaired) electrons. The van der Waals surface area contributed by atoms with E-state index >= 15 is 0 Å². The van der Waals surface area contributed by atoms with Gasteiger partial charge in [-0.3, -0.25) is 9.59 Å². The van der Waals surface area contributed by atoms with Gasteiger partial charge in [0.05, 0.1) is 30.5 Å². The van der Waals surface area contributed by atoms with Crippen molar-refractivity contribution in [1.82, 2.24) is 9.99 Å². The van der Waals surface area contributed by atoms with Gasteiger partial charge in [-0.15, -0.1) is 0 Å². The molecule has 0 atom stereocenters. The molecule has 1 fully saturated rings. The third kappa shape index (κ3) is 4.41. The van der Waals surface area contributed by atoms with E-state index in [4.69, 9.17) is 9.47 Å². The van der Waals surface area contributed by atoms with Gasteiger partial charge in [0.1, 0.15) is 0 Å². The summed E-state index contributed by atoms with van der Waals surface area (Å²) in [4.78, 5) is 24.5. The number of hydrogen-bond acceptors (Lipinski definition) is 5. The molecule has 7 nitrogen and oxygen atoms in total. The number of para-hydroxylation sites is 1. The predicted molar refractivity (Wildman–Crippen MR) is 112 cm³/mol. The molecule has 1 aliphatic rings. The van der Waals surface area contributed by atoms with E-state index in [0.29, 0.717) is 22.6 Å². The molecular formula is C23H21N3O4. The third-order valence-electron chi connectivity index (χ3n) is 4.72. The summed E-state index contributed by atoms with van der Waals surface area (Å²) >= 11 is 0. The van der Waals surface area contributed by atoms with Crippen molar-refractivity contribution < 1.29 is 19.1 Å². The van der Waals surface area contributed by atoms with Crippen LogP contribution < -0.4 is 14.9 Å². The molecule has 7 heteroatoms. The molecule has 0 bridgehead atoms. The number of nitrogens with one attached hydrogen (secondary N) is 1. The van der Waals surface area contributed by atoms with Crippen LogP contribution >= 0.6 is 0 Å². The van der Waals surface area contributed by atoms with Gasteiger partial charge in [0.25, 0.3) is 5.91 Å². The Morgan fingerprint density at radius 3 is 2.57 bits per heavy atom. The van der Waals surface area contributed by atoms with Crippen LogP contribution in [0.5, 0.6) is 11.5 Å². The molecule has 0 aliphatic heterocycles. The Morgan fingerprint density at radius 2 is 1.83 bits per heavy atom. The Hall–Kier alpha value is -3.87. The summed E-state index contributed by atoms with van der Waals surface area (Å²) in [5, 5.41) is 4.05. The van der Waals surface area contributed by atoms with E-state index in [1.807, 2.05) is 41.2 Å². The van der Waals surface area contributed by atoms with E-state index in [9.17, 15) is 9.59 Å². The lowest BCUT2D eigenvalue weighted by Crippen LogP contribution is -2.19. The Balaban J connectivity index is 1.44. The summed E-state index contributed by atoms with van der Waals surface area (Å²) in [7, 11) is 1.50. The van der Waals surface area contributed by atoms with Crippen LogP contribution in [0.15, 0.2) is 72.1 Å². The second-order valence-electron chi connectivity index (χ2n) is 6.91. The minimum atomic E-state index is -0.322. The van der Waals surface area contributed by atoms with E-state index in [1.54, 1.807) is 30.3 Å². The summed E-state index contributed by atoms with van der Waals surface area (Å²) in [5.41, 5.74) is 4.51. The molecule has 0 unspecified atom stereocenters. The first-order valence-corrected chi connectivity index (χ1v) is 9.61. The molecule has 0 saturated heterocycles. The van der Waals surface area contributed by atoms with E-state index in [0.717, 1.165) is 18.5 Å². The second-order valence-corrected chi connectivity index (χ2v) is 6.91. The molecule has 1 aromatic heterocycles. The molecule has 1 N–H and O–H groups in total. The molecule has 4 rings (SSSR count). The quantitative estimate of drug-likeness (QED) is 0.283. The number of nitrogens with zero attached hydrogens (tertiary/aromatic N) is 2. The fourth-order valence-corrected chi connectivity index (χ4v) is 2.97. The normalized spacial score (nSPS) is 13.2. The lowest BCUT2D eigenvalue weighted by atomic mass is 10.1. The number of aromatic nitrogens is 1. The molecule has 1 amide bonds. The van der Waals surface area contributed by atoms with Crippen LogP contribution in [0, 0.1) is 5.92 Å². The number of hydrazone groups is 1. The summed E-state index contributed by atoms with van der Waals surface area (Å²) < 4.78 is 12.6. The van der Waals surface area contributed by atoms with Crippen LogP contribution in [0.2, 0.25) is 0 Å². The number of carbonyl (C=O) groups excluding carboxylic acids is 2. The first-order valence-electron chi connectivity index (χ1n) is 9.61. The predicted octanol–water partition coefficient (Wildman–Crippen LogP) is 3.57. The van der Waals surface area contributed by atoms with Crippen molar-refractivity contribution in [2.75, 3.05) is 7.11 Å². The van der Waals surface area contributed by atoms with Gasteiger partial charge in [0, 0.05) is 12.4 Å². The average Bonchev–Trinajstić information content (AvgIpc) is 3.49. The SMILES string of the molecule is COc1cc(/C=N\NC(=O)c2ccccc2-n2cccc2)ccc1OC(=O)C1CC1. The largest absolute Gasteiger partial charge is 0.493 e. The van der Waals surface area contributed by atoms with Gasteiger partial charge in [-0.25, -0.2) is 5.43 Å². The molecule has 1 aliphatic carbocycles. The van der Waals surface area contributed by atoms with Crippen molar-refractivity contribution in [1.29, 1.82) is 0 Å². The van der Waals surface area contributed by atoms with Crippen molar-refractivity contribution in [2.24, 2.45) is 11.0 Å². The minimum Gasteiger partial charge on any atom is -0.493 e. The van der Waals surface area contributed by atoms with Gasteiger partial charge in [-0.2, -0.15) is 5.10 Å². The summed E-state index contributed by atoms with van der Waals surface area (Å²) in [6, 6.07) is 16.2. The highest BCUT2D eigenvalue weighted by molar-refractivity contribution is 5.98. The van der Waals surface area contributed by atoms with Crippen molar-refractivity contribution in [3.63, 3.8) is 0 Å². The zero-order chi connectivity index (χ0) is 20.9. The number of methoxy groups -OCH3 is 1. The second kappa shape index (κ2) is 8.65. The average molecular weight is 403 g/mol. The van der Waals surface area contributed by atoms with Crippen molar-refractivity contribution in [3.05, 3.63) is 78.1 Å². The Bertz CT molecular complexity index is 1090. The Kier molecular flexibility index (Phi) is 5.61. The standard InChI is InChI=1S/C23H21N3O4/c1-29-21-14-16(8-11-20(21)30-23(28)17-9-10-17)15-24-25-22(27)18-6-2-3-7-19(18)26-12-4-5-13-26/h2-8,11-15,17H,9-10H2,1H3,(H,25,27)/b24-15-. The molecule has 1 heterocycles. The van der Waals surface area contributed by atoms with Gasteiger partial charge in [0.15, 0.2) is 11.5 Å². The molecule has 2 aromatic carbocycles. The minimum absolute atomic E-state index is 0.000533. The molecular weight excluding hydrogens is 382 g/mol. The number of amides is 1. The molecule has 30 heavy (non-hydrogen) atoms. The van der Waals surface area contributed by atoms with Gasteiger partial charge in [0.2, 0.25) is 0 Å². The van der Waals surface area contributed by atoms with Gasteiger partial charge < -0.3 is 14.0 Å². The van der Waals surface area contributed by atoms with E-state index in [2.05, 4.69) is 10.5 Å². The number of carbonyl (C=O) groups is 2. The summed E-state index contributed by atoms with van der Waals surface area (Å²) in [5.74, 6) is 0.245. The van der Waals surface area contributed by atoms with Gasteiger partial charge in [-0.1, -0.05) is 12.1 Å². The third-order valence-corrected chi connectivity index (χ3v) is 4.72. The maximum atomic E-state index is 12.6. The fraction of sp³-hybridized carbons (Fsp3) is 0.174. The van der Waals surface area contributed by atoms with Crippen molar-refractivity contribution in [2.45, 2.75) is 12.8 Å². The van der Waals surface area contributed by atoms with E-state index in [1.165, 1.54) is 13.3 Å². The Morgan fingerprint density at radius 1 is 1.07 bits per heavy atom. The van der Waals surface area contributed by atoms with Crippen LogP contribution in [-0.4, -0.2) is 29.8 Å². The van der Waals surface area contributed by atoms with Crippen LogP contribution in [0.1, 0.15) is 28.8 Å². The van der Waals surface area contributed by atoms with E-state index in [-0.39, 0.29) is 17.8 Å². The highest BCUT2D eigenvalue weighted by Gasteiger charge is 2.32. The number of hydrogen-bond donors (Lipinski definition) is 1. The molecule has 3 aromatic rings. The summed E-state index contributed by atoms with van der Waals surface area (Å²) in [6.07, 6.45) is 7.00. The number of rotatable bonds is 7. The van der Waals surface area contributed by atoms with Gasteiger partial charge in [-0.05, 0) is 60.9 Å². The van der Waals surface area contributed by atoms with Crippen molar-refractivity contribution in [3.8, 4) is 17.2 Å². The summed E-state index contributed by atoms with van der Waals surface area (Å²) in [6.45, 7) is 0. The highest BCUT2D eigenvalue weighted by atomic mass is 16.6. The monoisotopic (exact) mass is 403 g/mol. The smallest absolute Gasteiger partial charge is 0.314 e. The van der Waals surface area contributed by atoms with E-state index < -0.39 is 0 Å². The molecule has 0 spiro atoms. The van der Waals surface area contributed by atoms with Crippen LogP contribution in [0.3, 0.4) is 0 Å². The van der Waals surface area contributed by atoms with Crippen LogP contribution in [-0.2, 0) is 4.79 Å². The molecule has 1 saturated carbocycles. The number of benzene rings is 2. The maximum Gasteiger partial charge on any atom is 0.314 e. The molecule has 152 valence electrons. The van der Waals surface area contributed by atoms with Gasteiger partial charge >= 0.3 is 5.97 Å². The first kappa shape index (κ1) is 19.4. The highest BCUT2D eigenvalue weighted by Crippen LogP contribution is 2.34. The zero-order valence-electron chi connectivity index (χ0n) is 16.4. The lowest BCUT2D eigenvalue weighted by molar-refractivity contribution is -0.135. The Labute approximate surface area is 173 Å². The fourth-order valence-electron chi connectivity index (χ4n) is 2.97.